The van der Waals surface area contributed by atoms with E-state index < -0.39 is 0 Å². The van der Waals surface area contributed by atoms with Gasteiger partial charge < -0.3 is 38.5 Å². The number of para-hydroxylation sites is 2. The summed E-state index contributed by atoms with van der Waals surface area (Å²) in [5.74, 6) is 4.10. The normalized spacial score (nSPS) is 17.1. The molecule has 6 aromatic rings. The van der Waals surface area contributed by atoms with Crippen molar-refractivity contribution in [2.45, 2.75) is 57.8 Å². The lowest BCUT2D eigenvalue weighted by atomic mass is 10.0. The summed E-state index contributed by atoms with van der Waals surface area (Å²) in [6, 6.07) is 25.3. The van der Waals surface area contributed by atoms with Gasteiger partial charge in [-0.05, 0) is 125 Å². The maximum atomic E-state index is 6.05. The predicted molar refractivity (Wildman–Crippen MR) is 242 cm³/mol. The fourth-order valence-electron chi connectivity index (χ4n) is 9.18. The van der Waals surface area contributed by atoms with Crippen LogP contribution in [0.5, 0.6) is 23.0 Å². The standard InChI is InChI=1S/C25H32N4O2.C24H30N4O2/c1(2-18-30-23-10-15-29-22(20-23)9-11-26-29)12-27-13-5-14-28(17-16-27)24-8-3-6-21-7-4-19-31-25(21)24;1(2-17-29-22-8-14-28-21(19-22)7-10-25-28)11-26-12-4-13-27(16-15-26)23-6-3-5-20-9-18-30-24(20)23/h3,6,8-11,15,20H,1-2,4-5,7,12-14,16-19H2;3,5-8,10,14,19H,1-2,4,9,11-13,15-18H2. The van der Waals surface area contributed by atoms with E-state index in [4.69, 9.17) is 18.9 Å². The number of anilines is 2. The second-order valence-corrected chi connectivity index (χ2v) is 16.7. The Morgan fingerprint density at radius 3 is 1.62 bits per heavy atom. The summed E-state index contributed by atoms with van der Waals surface area (Å²) in [6.07, 6.45) is 17.7. The third-order valence-electron chi connectivity index (χ3n) is 12.5. The number of hydrogen-bond acceptors (Lipinski definition) is 10. The van der Waals surface area contributed by atoms with Gasteiger partial charge in [0, 0.05) is 82.6 Å². The first-order chi connectivity index (χ1) is 30.2. The van der Waals surface area contributed by atoms with Gasteiger partial charge in [0.1, 0.15) is 23.0 Å². The first-order valence-corrected chi connectivity index (χ1v) is 22.8. The third kappa shape index (κ3) is 10.5. The first-order valence-electron chi connectivity index (χ1n) is 22.8. The molecule has 61 heavy (non-hydrogen) atoms. The van der Waals surface area contributed by atoms with E-state index in [9.17, 15) is 0 Å². The molecule has 0 unspecified atom stereocenters. The van der Waals surface area contributed by atoms with Crippen LogP contribution in [0.15, 0.2) is 97.6 Å². The first kappa shape index (κ1) is 40.9. The average Bonchev–Trinajstić information content (AvgIpc) is 4.02. The number of aryl methyl sites for hydroxylation is 1. The fourth-order valence-corrected chi connectivity index (χ4v) is 9.18. The predicted octanol–water partition coefficient (Wildman–Crippen LogP) is 7.67. The maximum absolute atomic E-state index is 6.05. The number of rotatable bonds is 14. The summed E-state index contributed by atoms with van der Waals surface area (Å²) in [7, 11) is 0. The Bertz CT molecular complexity index is 2310. The molecule has 322 valence electrons. The zero-order valence-electron chi connectivity index (χ0n) is 35.7. The number of unbranched alkanes of at least 4 members (excludes halogenated alkanes) is 2. The van der Waals surface area contributed by atoms with Crippen molar-refractivity contribution in [3.63, 3.8) is 0 Å². The summed E-state index contributed by atoms with van der Waals surface area (Å²) in [5.41, 5.74) is 7.45. The van der Waals surface area contributed by atoms with Crippen LogP contribution in [0.25, 0.3) is 11.0 Å². The molecule has 4 aromatic heterocycles. The minimum atomic E-state index is 0.762. The van der Waals surface area contributed by atoms with Crippen LogP contribution < -0.4 is 28.7 Å². The van der Waals surface area contributed by atoms with Crippen molar-refractivity contribution in [3.8, 4) is 23.0 Å². The number of nitrogens with zero attached hydrogens (tertiary/aromatic N) is 8. The van der Waals surface area contributed by atoms with E-state index in [1.54, 1.807) is 12.4 Å². The molecule has 0 saturated carbocycles. The highest BCUT2D eigenvalue weighted by Crippen LogP contribution is 2.37. The van der Waals surface area contributed by atoms with Crippen LogP contribution in [0, 0.1) is 0 Å². The van der Waals surface area contributed by atoms with Crippen LogP contribution >= 0.6 is 0 Å². The molecule has 12 heteroatoms. The molecule has 2 aromatic carbocycles. The lowest BCUT2D eigenvalue weighted by molar-refractivity contribution is 0.261. The number of benzene rings is 2. The van der Waals surface area contributed by atoms with Crippen LogP contribution in [0.4, 0.5) is 11.4 Å². The van der Waals surface area contributed by atoms with Crippen molar-refractivity contribution in [2.24, 2.45) is 0 Å². The highest BCUT2D eigenvalue weighted by atomic mass is 16.5. The van der Waals surface area contributed by atoms with Crippen LogP contribution in [0.3, 0.4) is 0 Å². The molecule has 0 atom stereocenters. The van der Waals surface area contributed by atoms with Gasteiger partial charge in [0.05, 0.1) is 48.8 Å². The SMILES string of the molecule is c1cc2c(c(N3CCCN(CCCCOc4ccn5nccc5c4)CC3)c1)OCC2.c1cc2c(c(N3CCCN(CCCCOc4ccn5nccc5c4)CC3)c1)OCCC2. The van der Waals surface area contributed by atoms with Crippen LogP contribution in [-0.2, 0) is 12.8 Å². The second kappa shape index (κ2) is 20.4. The monoisotopic (exact) mass is 826 g/mol. The van der Waals surface area contributed by atoms with Crippen molar-refractivity contribution in [1.29, 1.82) is 0 Å². The number of aromatic nitrogens is 4. The van der Waals surface area contributed by atoms with E-state index in [0.29, 0.717) is 0 Å². The lowest BCUT2D eigenvalue weighted by Crippen LogP contribution is -2.32. The summed E-state index contributed by atoms with van der Waals surface area (Å²) in [4.78, 5) is 10.2. The molecule has 2 saturated heterocycles. The van der Waals surface area contributed by atoms with Crippen molar-refractivity contribution >= 4 is 22.4 Å². The number of pyridine rings is 2. The number of hydrogen-bond donors (Lipinski definition) is 0. The highest BCUT2D eigenvalue weighted by molar-refractivity contribution is 5.64. The molecule has 12 nitrogen and oxygen atoms in total. The second-order valence-electron chi connectivity index (χ2n) is 16.7. The molecule has 2 fully saturated rings. The molecule has 0 spiro atoms. The lowest BCUT2D eigenvalue weighted by Gasteiger charge is -2.28. The Labute approximate surface area is 360 Å². The highest BCUT2D eigenvalue weighted by Gasteiger charge is 2.23. The molecular weight excluding hydrogens is 765 g/mol. The van der Waals surface area contributed by atoms with E-state index in [2.05, 4.69) is 66.2 Å². The van der Waals surface area contributed by atoms with Gasteiger partial charge in [-0.1, -0.05) is 24.3 Å². The molecule has 10 rings (SSSR count). The van der Waals surface area contributed by atoms with Gasteiger partial charge in [-0.2, -0.15) is 10.2 Å². The largest absolute Gasteiger partial charge is 0.493 e. The molecular formula is C49H62N8O4. The Balaban J connectivity index is 0.000000156. The van der Waals surface area contributed by atoms with Gasteiger partial charge in [0.2, 0.25) is 0 Å². The van der Waals surface area contributed by atoms with Crippen molar-refractivity contribution in [3.05, 3.63) is 109 Å². The molecule has 0 radical (unpaired) electrons. The zero-order chi connectivity index (χ0) is 41.1. The minimum Gasteiger partial charge on any atom is -0.493 e. The molecule has 0 bridgehead atoms. The maximum Gasteiger partial charge on any atom is 0.145 e. The smallest absolute Gasteiger partial charge is 0.145 e. The zero-order valence-corrected chi connectivity index (χ0v) is 35.7. The van der Waals surface area contributed by atoms with E-state index in [0.717, 1.165) is 145 Å². The fraction of sp³-hybridized carbons (Fsp3) is 0.469. The Kier molecular flexibility index (Phi) is 13.7. The quantitative estimate of drug-likeness (QED) is 0.102. The van der Waals surface area contributed by atoms with Crippen molar-refractivity contribution in [2.75, 3.05) is 102 Å². The van der Waals surface area contributed by atoms with Gasteiger partial charge in [-0.25, -0.2) is 9.03 Å². The van der Waals surface area contributed by atoms with Gasteiger partial charge in [-0.3, -0.25) is 0 Å². The summed E-state index contributed by atoms with van der Waals surface area (Å²) >= 11 is 0. The summed E-state index contributed by atoms with van der Waals surface area (Å²) < 4.78 is 27.6. The van der Waals surface area contributed by atoms with Gasteiger partial charge in [0.15, 0.2) is 0 Å². The molecule has 0 aliphatic carbocycles. The molecule has 0 amide bonds. The Morgan fingerprint density at radius 2 is 1.05 bits per heavy atom. The third-order valence-corrected chi connectivity index (χ3v) is 12.5. The Hall–Kier alpha value is -5.46. The average molecular weight is 827 g/mol. The van der Waals surface area contributed by atoms with Crippen LogP contribution in [0.2, 0.25) is 0 Å². The molecule has 4 aliphatic rings. The van der Waals surface area contributed by atoms with E-state index in [1.807, 2.05) is 57.8 Å². The van der Waals surface area contributed by atoms with Crippen LogP contribution in [-0.4, -0.2) is 121 Å². The Morgan fingerprint density at radius 1 is 0.508 bits per heavy atom. The number of ether oxygens (including phenoxy) is 4. The van der Waals surface area contributed by atoms with E-state index in [1.165, 1.54) is 61.3 Å². The molecule has 0 N–H and O–H groups in total. The number of fused-ring (bicyclic) bond motifs is 4. The van der Waals surface area contributed by atoms with E-state index >= 15 is 0 Å². The summed E-state index contributed by atoms with van der Waals surface area (Å²) in [6.45, 7) is 14.4. The van der Waals surface area contributed by atoms with Crippen molar-refractivity contribution < 1.29 is 18.9 Å². The minimum absolute atomic E-state index is 0.762. The van der Waals surface area contributed by atoms with Gasteiger partial charge in [0.25, 0.3) is 0 Å². The topological polar surface area (TPSA) is 84.5 Å². The van der Waals surface area contributed by atoms with Crippen LogP contribution in [0.1, 0.15) is 56.1 Å². The van der Waals surface area contributed by atoms with Gasteiger partial charge in [-0.15, -0.1) is 0 Å². The molecule has 4 aliphatic heterocycles. The van der Waals surface area contributed by atoms with Crippen molar-refractivity contribution in [1.82, 2.24) is 29.0 Å². The summed E-state index contributed by atoms with van der Waals surface area (Å²) in [5, 5.41) is 8.44. The molecule has 8 heterocycles. The van der Waals surface area contributed by atoms with E-state index in [-0.39, 0.29) is 0 Å². The van der Waals surface area contributed by atoms with Gasteiger partial charge >= 0.3 is 0 Å².